The predicted octanol–water partition coefficient (Wildman–Crippen LogP) is 0.913. The molecule has 58 valence electrons. The fourth-order valence-electron chi connectivity index (χ4n) is 0.885. The topological polar surface area (TPSA) is 67.6 Å². The molecule has 0 saturated carbocycles. The van der Waals surface area contributed by atoms with Crippen LogP contribution in [0, 0.1) is 0 Å². The SMILES string of the molecule is Cl.Nc1nc[nH]c2cncc1-2. The molecule has 0 aromatic heterocycles. The first-order valence-corrected chi connectivity index (χ1v) is 2.90. The molecule has 3 N–H and O–H groups in total. The Labute approximate surface area is 69.6 Å². The van der Waals surface area contributed by atoms with E-state index in [1.807, 2.05) is 0 Å². The number of H-pyrrole nitrogens is 1. The molecule has 0 fully saturated rings. The Morgan fingerprint density at radius 1 is 1.36 bits per heavy atom. The van der Waals surface area contributed by atoms with Gasteiger partial charge >= 0.3 is 0 Å². The van der Waals surface area contributed by atoms with Crippen molar-refractivity contribution < 1.29 is 0 Å². The van der Waals surface area contributed by atoms with Crippen LogP contribution in [-0.2, 0) is 0 Å². The van der Waals surface area contributed by atoms with Crippen molar-refractivity contribution in [1.82, 2.24) is 15.0 Å². The van der Waals surface area contributed by atoms with Crippen molar-refractivity contribution in [3.8, 4) is 11.3 Å². The molecule has 4 nitrogen and oxygen atoms in total. The number of hydrogen-bond donors (Lipinski definition) is 2. The molecule has 0 saturated heterocycles. The molecular weight excluding hydrogens is 164 g/mol. The van der Waals surface area contributed by atoms with Crippen LogP contribution in [-0.4, -0.2) is 15.0 Å². The lowest BCUT2D eigenvalue weighted by Crippen LogP contribution is -1.94. The van der Waals surface area contributed by atoms with Crippen molar-refractivity contribution in [2.45, 2.75) is 0 Å². The number of aromatic amines is 1. The van der Waals surface area contributed by atoms with Gasteiger partial charge in [0.25, 0.3) is 0 Å². The zero-order chi connectivity index (χ0) is 6.97. The first-order valence-electron chi connectivity index (χ1n) is 2.90. The fraction of sp³-hybridized carbons (Fsp3) is 0. The van der Waals surface area contributed by atoms with Gasteiger partial charge in [0.1, 0.15) is 5.82 Å². The summed E-state index contributed by atoms with van der Waals surface area (Å²) >= 11 is 0. The lowest BCUT2D eigenvalue weighted by Gasteiger charge is -1.98. The molecule has 0 aromatic carbocycles. The second kappa shape index (κ2) is 2.75. The van der Waals surface area contributed by atoms with Crippen LogP contribution in [0.5, 0.6) is 0 Å². The van der Waals surface area contributed by atoms with E-state index in [4.69, 9.17) is 5.73 Å². The molecule has 2 rings (SSSR count). The second-order valence-corrected chi connectivity index (χ2v) is 2.02. The number of nitrogen functional groups attached to an aromatic ring is 1. The van der Waals surface area contributed by atoms with Crippen LogP contribution >= 0.6 is 12.4 Å². The Morgan fingerprint density at radius 3 is 2.91 bits per heavy atom. The summed E-state index contributed by atoms with van der Waals surface area (Å²) in [5.74, 6) is 0.520. The quantitative estimate of drug-likeness (QED) is 0.618. The largest absolute Gasteiger partial charge is 0.383 e. The van der Waals surface area contributed by atoms with E-state index in [0.29, 0.717) is 5.82 Å². The first-order chi connectivity index (χ1) is 4.88. The summed E-state index contributed by atoms with van der Waals surface area (Å²) in [4.78, 5) is 10.7. The van der Waals surface area contributed by atoms with Gasteiger partial charge < -0.3 is 10.7 Å². The molecule has 2 aliphatic heterocycles. The van der Waals surface area contributed by atoms with Gasteiger partial charge in [-0.3, -0.25) is 4.98 Å². The minimum atomic E-state index is 0. The fourth-order valence-corrected chi connectivity index (χ4v) is 0.885. The van der Waals surface area contributed by atoms with Crippen molar-refractivity contribution in [2.75, 3.05) is 5.73 Å². The maximum Gasteiger partial charge on any atom is 0.136 e. The number of anilines is 1. The standard InChI is InChI=1S/C6H6N4.ClH/c7-6-4-1-8-2-5(4)9-3-10-6;/h1-3H,7H2,(H,9,10);1H. The van der Waals surface area contributed by atoms with Gasteiger partial charge in [-0.25, -0.2) is 4.98 Å². The van der Waals surface area contributed by atoms with Crippen LogP contribution in [0.15, 0.2) is 18.7 Å². The Balaban J connectivity index is 0.000000605. The van der Waals surface area contributed by atoms with Crippen LogP contribution in [0.1, 0.15) is 0 Å². The number of fused-ring (bicyclic) bond motifs is 1. The van der Waals surface area contributed by atoms with Crippen molar-refractivity contribution in [1.29, 1.82) is 0 Å². The molecule has 0 spiro atoms. The van der Waals surface area contributed by atoms with Gasteiger partial charge in [0.15, 0.2) is 0 Å². The van der Waals surface area contributed by atoms with Crippen molar-refractivity contribution in [2.24, 2.45) is 0 Å². The van der Waals surface area contributed by atoms with Crippen LogP contribution < -0.4 is 5.73 Å². The zero-order valence-corrected chi connectivity index (χ0v) is 6.43. The van der Waals surface area contributed by atoms with Gasteiger partial charge in [-0.05, 0) is 0 Å². The average Bonchev–Trinajstić information content (AvgIpc) is 2.36. The van der Waals surface area contributed by atoms with E-state index in [2.05, 4.69) is 15.0 Å². The van der Waals surface area contributed by atoms with E-state index in [1.165, 1.54) is 0 Å². The summed E-state index contributed by atoms with van der Waals surface area (Å²) in [5.41, 5.74) is 7.33. The van der Waals surface area contributed by atoms with E-state index in [-0.39, 0.29) is 12.4 Å². The van der Waals surface area contributed by atoms with E-state index in [0.717, 1.165) is 11.3 Å². The van der Waals surface area contributed by atoms with E-state index >= 15 is 0 Å². The molecule has 5 heteroatoms. The molecule has 2 heterocycles. The van der Waals surface area contributed by atoms with Gasteiger partial charge in [-0.2, -0.15) is 0 Å². The summed E-state index contributed by atoms with van der Waals surface area (Å²) in [5, 5.41) is 0. The molecule has 0 bridgehead atoms. The maximum absolute atomic E-state index is 5.53. The van der Waals surface area contributed by atoms with Gasteiger partial charge in [0.2, 0.25) is 0 Å². The summed E-state index contributed by atoms with van der Waals surface area (Å²) < 4.78 is 0. The van der Waals surface area contributed by atoms with Crippen LogP contribution in [0.3, 0.4) is 0 Å². The average molecular weight is 171 g/mol. The highest BCUT2D eigenvalue weighted by molar-refractivity contribution is 5.85. The lowest BCUT2D eigenvalue weighted by atomic mass is 10.2. The van der Waals surface area contributed by atoms with Crippen molar-refractivity contribution in [3.63, 3.8) is 0 Å². The molecule has 0 radical (unpaired) electrons. The minimum Gasteiger partial charge on any atom is -0.383 e. The van der Waals surface area contributed by atoms with Crippen LogP contribution in [0.25, 0.3) is 11.3 Å². The first kappa shape index (κ1) is 7.81. The number of nitrogens with two attached hydrogens (primary N) is 1. The van der Waals surface area contributed by atoms with E-state index in [9.17, 15) is 0 Å². The third-order valence-corrected chi connectivity index (χ3v) is 1.40. The Kier molecular flexibility index (Phi) is 1.96. The third kappa shape index (κ3) is 1.12. The number of hydrogen-bond acceptors (Lipinski definition) is 3. The molecule has 0 amide bonds. The molecule has 2 aliphatic rings. The van der Waals surface area contributed by atoms with Gasteiger partial charge in [-0.1, -0.05) is 0 Å². The highest BCUT2D eigenvalue weighted by Crippen LogP contribution is 2.21. The normalized spacial score (nSPS) is 9.45. The number of halogens is 1. The molecule has 0 aliphatic carbocycles. The Bertz CT molecular complexity index is 318. The lowest BCUT2D eigenvalue weighted by molar-refractivity contribution is 1.18. The van der Waals surface area contributed by atoms with Crippen LogP contribution in [0.2, 0.25) is 0 Å². The molecule has 0 atom stereocenters. The van der Waals surface area contributed by atoms with Gasteiger partial charge in [-0.15, -0.1) is 12.4 Å². The highest BCUT2D eigenvalue weighted by Gasteiger charge is 2.05. The zero-order valence-electron chi connectivity index (χ0n) is 5.61. The maximum atomic E-state index is 5.53. The van der Waals surface area contributed by atoms with Crippen molar-refractivity contribution in [3.05, 3.63) is 18.7 Å². The van der Waals surface area contributed by atoms with E-state index in [1.54, 1.807) is 18.7 Å². The van der Waals surface area contributed by atoms with Crippen LogP contribution in [0.4, 0.5) is 5.82 Å². The minimum absolute atomic E-state index is 0. The number of aromatic nitrogens is 3. The van der Waals surface area contributed by atoms with Gasteiger partial charge in [0.05, 0.1) is 23.8 Å². The van der Waals surface area contributed by atoms with Crippen molar-refractivity contribution >= 4 is 18.2 Å². The smallest absolute Gasteiger partial charge is 0.136 e. The summed E-state index contributed by atoms with van der Waals surface area (Å²) in [7, 11) is 0. The summed E-state index contributed by atoms with van der Waals surface area (Å²) in [6.45, 7) is 0. The van der Waals surface area contributed by atoms with Gasteiger partial charge in [0, 0.05) is 6.20 Å². The monoisotopic (exact) mass is 170 g/mol. The van der Waals surface area contributed by atoms with E-state index < -0.39 is 0 Å². The molecular formula is C6H7ClN4. The number of nitrogens with zero attached hydrogens (tertiary/aromatic N) is 2. The summed E-state index contributed by atoms with van der Waals surface area (Å²) in [6, 6.07) is 0. The summed E-state index contributed by atoms with van der Waals surface area (Å²) in [6.07, 6.45) is 4.96. The number of nitrogens with one attached hydrogen (secondary N) is 1. The Morgan fingerprint density at radius 2 is 2.18 bits per heavy atom. The molecule has 0 aromatic rings. The second-order valence-electron chi connectivity index (χ2n) is 2.02. The molecule has 11 heavy (non-hydrogen) atoms. The Hall–Kier alpha value is -1.29. The third-order valence-electron chi connectivity index (χ3n) is 1.40. The predicted molar refractivity (Wildman–Crippen MR) is 44.7 cm³/mol. The number of rotatable bonds is 0. The molecule has 0 unspecified atom stereocenters. The highest BCUT2D eigenvalue weighted by atomic mass is 35.5.